The molecule has 0 bridgehead atoms. The van der Waals surface area contributed by atoms with E-state index < -0.39 is 28.3 Å². The van der Waals surface area contributed by atoms with E-state index in [9.17, 15) is 18.0 Å². The van der Waals surface area contributed by atoms with Crippen molar-refractivity contribution in [2.75, 3.05) is 6.54 Å². The van der Waals surface area contributed by atoms with Gasteiger partial charge in [-0.05, 0) is 18.4 Å². The Hall–Kier alpha value is -0.930. The van der Waals surface area contributed by atoms with Crippen molar-refractivity contribution in [1.82, 2.24) is 9.21 Å². The normalized spacial score (nSPS) is 23.1. The molecule has 7 nitrogen and oxygen atoms in total. The van der Waals surface area contributed by atoms with E-state index in [0.29, 0.717) is 23.7 Å². The van der Waals surface area contributed by atoms with Crippen molar-refractivity contribution in [2.45, 2.75) is 31.3 Å². The van der Waals surface area contributed by atoms with Gasteiger partial charge in [0.05, 0.1) is 6.04 Å². The van der Waals surface area contributed by atoms with Crippen molar-refractivity contribution in [1.29, 1.82) is 0 Å². The molecule has 120 valence electrons. The fourth-order valence-electron chi connectivity index (χ4n) is 3.14. The van der Waals surface area contributed by atoms with E-state index >= 15 is 0 Å². The molecule has 3 rings (SSSR count). The van der Waals surface area contributed by atoms with Gasteiger partial charge < -0.3 is 6.33 Å². The molecule has 1 aromatic carbocycles. The van der Waals surface area contributed by atoms with Crippen LogP contribution in [0.4, 0.5) is 0 Å². The molecule has 2 fully saturated rings. The van der Waals surface area contributed by atoms with Crippen LogP contribution in [-0.2, 0) is 26.3 Å². The summed E-state index contributed by atoms with van der Waals surface area (Å²) in [4.78, 5) is 25.6. The number of likely N-dealkylation sites (tertiary alicyclic amines) is 1. The second kappa shape index (κ2) is 6.90. The summed E-state index contributed by atoms with van der Waals surface area (Å²) in [5.74, 6) is -0.891. The van der Waals surface area contributed by atoms with Crippen LogP contribution < -0.4 is 29.6 Å². The number of β-lactam (4-membered cyclic amide) rings is 1. The number of hydrogen-bond donors (Lipinski definition) is 1. The Morgan fingerprint density at radius 1 is 1.30 bits per heavy atom. The first-order valence-electron chi connectivity index (χ1n) is 7.03. The van der Waals surface area contributed by atoms with E-state index in [2.05, 4.69) is 0 Å². The molecule has 0 spiro atoms. The molecule has 0 radical (unpaired) electrons. The molecule has 2 heterocycles. The maximum atomic E-state index is 12.3. The molecule has 0 unspecified atom stereocenters. The van der Waals surface area contributed by atoms with E-state index in [0.717, 1.165) is 5.56 Å². The number of carbonyl (C=O) groups is 2. The molecule has 2 aliphatic heterocycles. The number of benzene rings is 1. The standard InChI is InChI=1S/C14H16N2O5S.Na.H/c17-12(7-6-10-4-2-1-3-5-10)15-9-8-11-13(15)14(18)16(11)22(19,20)21;;/h1-5,11,13H,6-9H2,(H,19,20,21);;/q;+1;-1/t11-,13+;;/m1../s1. The van der Waals surface area contributed by atoms with E-state index in [4.69, 9.17) is 4.55 Å². The maximum absolute atomic E-state index is 12.3. The van der Waals surface area contributed by atoms with E-state index in [-0.39, 0.29) is 43.3 Å². The third kappa shape index (κ3) is 3.46. The Morgan fingerprint density at radius 2 is 1.96 bits per heavy atom. The number of carbonyl (C=O) groups excluding carboxylic acids is 2. The van der Waals surface area contributed by atoms with Crippen molar-refractivity contribution >= 4 is 22.1 Å². The molecule has 2 amide bonds. The van der Waals surface area contributed by atoms with Crippen LogP contribution in [0.15, 0.2) is 30.3 Å². The summed E-state index contributed by atoms with van der Waals surface area (Å²) in [5, 5.41) is 0. The van der Waals surface area contributed by atoms with Gasteiger partial charge in [0.25, 0.3) is 5.91 Å². The molecule has 2 saturated heterocycles. The van der Waals surface area contributed by atoms with Gasteiger partial charge in [0, 0.05) is 13.0 Å². The third-order valence-corrected chi connectivity index (χ3v) is 5.12. The second-order valence-corrected chi connectivity index (χ2v) is 6.77. The SMILES string of the molecule is O=C(CCc1ccccc1)N1CC[C@@H]2[C@H]1C(=O)N2S(=O)(=O)O.[H-].[Na+]. The van der Waals surface area contributed by atoms with E-state index in [1.807, 2.05) is 30.3 Å². The molecule has 0 aliphatic carbocycles. The Kier molecular flexibility index (Phi) is 5.52. The third-order valence-electron chi connectivity index (χ3n) is 4.18. The predicted octanol–water partition coefficient (Wildman–Crippen LogP) is -2.65. The average molecular weight is 348 g/mol. The first kappa shape index (κ1) is 18.4. The van der Waals surface area contributed by atoms with Gasteiger partial charge in [-0.1, -0.05) is 30.3 Å². The minimum atomic E-state index is -4.53. The molecule has 2 atom stereocenters. The quantitative estimate of drug-likeness (QED) is 0.364. The van der Waals surface area contributed by atoms with Gasteiger partial charge in [-0.3, -0.25) is 14.1 Å². The molecule has 1 aromatic rings. The topological polar surface area (TPSA) is 95.0 Å². The van der Waals surface area contributed by atoms with Crippen molar-refractivity contribution in [3.05, 3.63) is 35.9 Å². The number of amides is 2. The van der Waals surface area contributed by atoms with Crippen LogP contribution in [0.2, 0.25) is 0 Å². The number of hydrogen-bond acceptors (Lipinski definition) is 4. The maximum Gasteiger partial charge on any atom is 1.00 e. The summed E-state index contributed by atoms with van der Waals surface area (Å²) in [7, 11) is -4.53. The van der Waals surface area contributed by atoms with Crippen LogP contribution in [-0.4, -0.2) is 52.6 Å². The summed E-state index contributed by atoms with van der Waals surface area (Å²) in [6, 6.07) is 8.17. The molecular formula is C14H17N2NaO5S. The average Bonchev–Trinajstić information content (AvgIpc) is 2.83. The minimum Gasteiger partial charge on any atom is -1.00 e. The van der Waals surface area contributed by atoms with Gasteiger partial charge in [0.15, 0.2) is 0 Å². The summed E-state index contributed by atoms with van der Waals surface area (Å²) in [5.41, 5.74) is 1.03. The fourth-order valence-corrected chi connectivity index (χ4v) is 4.03. The van der Waals surface area contributed by atoms with Crippen LogP contribution in [0.5, 0.6) is 0 Å². The first-order valence-corrected chi connectivity index (χ1v) is 8.43. The van der Waals surface area contributed by atoms with Crippen LogP contribution in [0.25, 0.3) is 0 Å². The Morgan fingerprint density at radius 3 is 2.57 bits per heavy atom. The van der Waals surface area contributed by atoms with Crippen molar-refractivity contribution in [3.63, 3.8) is 0 Å². The summed E-state index contributed by atoms with van der Waals surface area (Å²) in [6.45, 7) is 0.334. The molecule has 23 heavy (non-hydrogen) atoms. The fraction of sp³-hybridized carbons (Fsp3) is 0.429. The predicted molar refractivity (Wildman–Crippen MR) is 78.2 cm³/mol. The molecule has 0 aromatic heterocycles. The van der Waals surface area contributed by atoms with E-state index in [1.165, 1.54) is 4.90 Å². The number of aryl methyl sites for hydroxylation is 1. The van der Waals surface area contributed by atoms with E-state index in [1.54, 1.807) is 0 Å². The van der Waals surface area contributed by atoms with Crippen LogP contribution in [0, 0.1) is 0 Å². The molecule has 1 N–H and O–H groups in total. The monoisotopic (exact) mass is 348 g/mol. The number of nitrogens with zero attached hydrogens (tertiary/aromatic N) is 2. The number of rotatable bonds is 4. The molecule has 9 heteroatoms. The zero-order valence-corrected chi connectivity index (χ0v) is 15.6. The molecule has 0 saturated carbocycles. The van der Waals surface area contributed by atoms with Gasteiger partial charge in [-0.15, -0.1) is 0 Å². The Balaban J connectivity index is 0.00000144. The van der Waals surface area contributed by atoms with Crippen molar-refractivity contribution in [3.8, 4) is 0 Å². The zero-order chi connectivity index (χ0) is 15.9. The van der Waals surface area contributed by atoms with Crippen LogP contribution >= 0.6 is 0 Å². The summed E-state index contributed by atoms with van der Waals surface area (Å²) < 4.78 is 31.7. The van der Waals surface area contributed by atoms with Gasteiger partial charge >= 0.3 is 39.9 Å². The van der Waals surface area contributed by atoms with Gasteiger partial charge in [0.2, 0.25) is 5.91 Å². The Labute approximate surface area is 158 Å². The minimum absolute atomic E-state index is 0. The number of fused-ring (bicyclic) bond motifs is 1. The Bertz CT molecular complexity index is 715. The summed E-state index contributed by atoms with van der Waals surface area (Å²) in [6.07, 6.45) is 1.21. The smallest absolute Gasteiger partial charge is 1.00 e. The van der Waals surface area contributed by atoms with Gasteiger partial charge in [-0.2, -0.15) is 8.42 Å². The van der Waals surface area contributed by atoms with Crippen molar-refractivity contribution < 1.29 is 53.5 Å². The van der Waals surface area contributed by atoms with Crippen LogP contribution in [0.1, 0.15) is 19.8 Å². The second-order valence-electron chi connectivity index (χ2n) is 5.49. The molecular weight excluding hydrogens is 331 g/mol. The van der Waals surface area contributed by atoms with Gasteiger partial charge in [-0.25, -0.2) is 4.31 Å². The first-order chi connectivity index (χ1) is 10.4. The van der Waals surface area contributed by atoms with Crippen molar-refractivity contribution in [2.24, 2.45) is 0 Å². The molecule has 2 aliphatic rings. The largest absolute Gasteiger partial charge is 1.00 e. The van der Waals surface area contributed by atoms with Crippen LogP contribution in [0.3, 0.4) is 0 Å². The summed E-state index contributed by atoms with van der Waals surface area (Å²) >= 11 is 0. The van der Waals surface area contributed by atoms with Gasteiger partial charge in [0.1, 0.15) is 6.04 Å². The zero-order valence-electron chi connectivity index (χ0n) is 13.8.